The van der Waals surface area contributed by atoms with Crippen molar-refractivity contribution in [2.75, 3.05) is 13.1 Å². The van der Waals surface area contributed by atoms with Gasteiger partial charge in [0.05, 0.1) is 11.3 Å². The Balaban J connectivity index is 1.94. The van der Waals surface area contributed by atoms with Gasteiger partial charge in [-0.2, -0.15) is 4.31 Å². The van der Waals surface area contributed by atoms with Crippen LogP contribution in [0.3, 0.4) is 0 Å². The second-order valence-corrected chi connectivity index (χ2v) is 7.75. The Labute approximate surface area is 153 Å². The normalized spacial score (nSPS) is 11.5. The fourth-order valence-corrected chi connectivity index (χ4v) is 4.00. The maximum Gasteiger partial charge on any atom is 0.243 e. The number of nitrogens with one attached hydrogen (secondary N) is 1. The molecule has 0 atom stereocenters. The fraction of sp³-hybridized carbons (Fsp3) is 0.316. The number of benzene rings is 2. The van der Waals surface area contributed by atoms with Crippen LogP contribution in [0.2, 0.25) is 0 Å². The summed E-state index contributed by atoms with van der Waals surface area (Å²) in [5.41, 5.74) is 1.53. The monoisotopic (exact) mass is 378 g/mol. The molecule has 26 heavy (non-hydrogen) atoms. The minimum Gasteiger partial charge on any atom is -0.352 e. The van der Waals surface area contributed by atoms with Gasteiger partial charge in [-0.3, -0.25) is 4.79 Å². The molecule has 0 aliphatic carbocycles. The number of sulfonamides is 1. The lowest BCUT2D eigenvalue weighted by Gasteiger charge is -2.18. The first-order valence-electron chi connectivity index (χ1n) is 8.47. The van der Waals surface area contributed by atoms with E-state index in [1.165, 1.54) is 16.4 Å². The Kier molecular flexibility index (Phi) is 6.88. The number of hydrogen-bond donors (Lipinski definition) is 1. The molecule has 0 saturated heterocycles. The molecule has 2 rings (SSSR count). The van der Waals surface area contributed by atoms with Crippen LogP contribution in [-0.2, 0) is 27.8 Å². The van der Waals surface area contributed by atoms with Gasteiger partial charge in [-0.25, -0.2) is 12.8 Å². The average Bonchev–Trinajstić information content (AvgIpc) is 2.63. The van der Waals surface area contributed by atoms with E-state index < -0.39 is 10.0 Å². The Bertz CT molecular complexity index is 830. The van der Waals surface area contributed by atoms with Crippen molar-refractivity contribution in [2.24, 2.45) is 0 Å². The number of rotatable bonds is 8. The zero-order chi connectivity index (χ0) is 19.2. The predicted octanol–water partition coefficient (Wildman–Crippen LogP) is 2.72. The molecule has 2 aromatic rings. The number of nitrogens with zero attached hydrogens (tertiary/aromatic N) is 1. The molecule has 0 spiro atoms. The molecule has 1 amide bonds. The summed E-state index contributed by atoms with van der Waals surface area (Å²) in [6.07, 6.45) is 0.161. The summed E-state index contributed by atoms with van der Waals surface area (Å²) in [4.78, 5) is 12.2. The van der Waals surface area contributed by atoms with E-state index in [0.29, 0.717) is 19.6 Å². The Morgan fingerprint density at radius 1 is 0.962 bits per heavy atom. The summed E-state index contributed by atoms with van der Waals surface area (Å²) in [6.45, 7) is 4.73. The molecule has 0 radical (unpaired) electrons. The van der Waals surface area contributed by atoms with Crippen LogP contribution in [0.4, 0.5) is 4.39 Å². The summed E-state index contributed by atoms with van der Waals surface area (Å²) in [5.74, 6) is -0.523. The van der Waals surface area contributed by atoms with Crippen molar-refractivity contribution >= 4 is 15.9 Å². The number of hydrogen-bond acceptors (Lipinski definition) is 3. The lowest BCUT2D eigenvalue weighted by Crippen LogP contribution is -2.30. The Morgan fingerprint density at radius 3 is 2.04 bits per heavy atom. The van der Waals surface area contributed by atoms with Gasteiger partial charge >= 0.3 is 0 Å². The van der Waals surface area contributed by atoms with Crippen molar-refractivity contribution in [3.63, 3.8) is 0 Å². The van der Waals surface area contributed by atoms with E-state index in [1.54, 1.807) is 50.2 Å². The smallest absolute Gasteiger partial charge is 0.243 e. The highest BCUT2D eigenvalue weighted by atomic mass is 32.2. The second-order valence-electron chi connectivity index (χ2n) is 5.81. The SMILES string of the molecule is CCN(CC)S(=O)(=O)c1ccc(CNC(=O)Cc2ccc(F)cc2)cc1. The molecule has 0 fully saturated rings. The third-order valence-electron chi connectivity index (χ3n) is 4.03. The standard InChI is InChI=1S/C19H23FN2O3S/c1-3-22(4-2)26(24,25)18-11-7-16(8-12-18)14-21-19(23)13-15-5-9-17(20)10-6-15/h5-12H,3-4,13-14H2,1-2H3,(H,21,23). The second kappa shape index (κ2) is 8.91. The minimum atomic E-state index is -3.48. The minimum absolute atomic E-state index is 0.161. The van der Waals surface area contributed by atoms with Gasteiger partial charge in [0.15, 0.2) is 0 Å². The van der Waals surface area contributed by atoms with Crippen molar-refractivity contribution in [2.45, 2.75) is 31.7 Å². The van der Waals surface area contributed by atoms with Crippen molar-refractivity contribution < 1.29 is 17.6 Å². The van der Waals surface area contributed by atoms with Crippen LogP contribution >= 0.6 is 0 Å². The largest absolute Gasteiger partial charge is 0.352 e. The molecule has 7 heteroatoms. The van der Waals surface area contributed by atoms with E-state index in [0.717, 1.165) is 11.1 Å². The highest BCUT2D eigenvalue weighted by Gasteiger charge is 2.21. The first kappa shape index (κ1) is 20.1. The van der Waals surface area contributed by atoms with E-state index in [9.17, 15) is 17.6 Å². The molecule has 0 heterocycles. The third kappa shape index (κ3) is 5.12. The van der Waals surface area contributed by atoms with Gasteiger partial charge in [-0.1, -0.05) is 38.1 Å². The molecule has 140 valence electrons. The molecular formula is C19H23FN2O3S. The van der Waals surface area contributed by atoms with Crippen molar-refractivity contribution in [3.8, 4) is 0 Å². The van der Waals surface area contributed by atoms with E-state index >= 15 is 0 Å². The predicted molar refractivity (Wildman–Crippen MR) is 98.5 cm³/mol. The summed E-state index contributed by atoms with van der Waals surface area (Å²) >= 11 is 0. The maximum atomic E-state index is 12.9. The van der Waals surface area contributed by atoms with Crippen LogP contribution in [0.15, 0.2) is 53.4 Å². The van der Waals surface area contributed by atoms with Crippen LogP contribution in [0.25, 0.3) is 0 Å². The van der Waals surface area contributed by atoms with Gasteiger partial charge in [-0.05, 0) is 35.4 Å². The van der Waals surface area contributed by atoms with Gasteiger partial charge in [0.25, 0.3) is 0 Å². The summed E-state index contributed by atoms with van der Waals surface area (Å²) in [6, 6.07) is 12.3. The van der Waals surface area contributed by atoms with Crippen molar-refractivity contribution in [3.05, 3.63) is 65.5 Å². The molecule has 0 bridgehead atoms. The molecule has 0 aromatic heterocycles. The number of carbonyl (C=O) groups excluding carboxylic acids is 1. The topological polar surface area (TPSA) is 66.5 Å². The van der Waals surface area contributed by atoms with Crippen molar-refractivity contribution in [1.29, 1.82) is 0 Å². The highest BCUT2D eigenvalue weighted by molar-refractivity contribution is 7.89. The molecule has 0 aliphatic rings. The van der Waals surface area contributed by atoms with E-state index in [-0.39, 0.29) is 23.0 Å². The molecule has 2 aromatic carbocycles. The quantitative estimate of drug-likeness (QED) is 0.768. The number of amides is 1. The maximum absolute atomic E-state index is 12.9. The molecule has 1 N–H and O–H groups in total. The molecular weight excluding hydrogens is 355 g/mol. The zero-order valence-corrected chi connectivity index (χ0v) is 15.7. The van der Waals surface area contributed by atoms with Crippen molar-refractivity contribution in [1.82, 2.24) is 9.62 Å². The third-order valence-corrected chi connectivity index (χ3v) is 6.10. The van der Waals surface area contributed by atoms with Gasteiger partial charge in [-0.15, -0.1) is 0 Å². The van der Waals surface area contributed by atoms with Crippen LogP contribution in [-0.4, -0.2) is 31.7 Å². The van der Waals surface area contributed by atoms with Gasteiger partial charge in [0, 0.05) is 19.6 Å². The van der Waals surface area contributed by atoms with Gasteiger partial charge in [0.2, 0.25) is 15.9 Å². The van der Waals surface area contributed by atoms with Crippen LogP contribution < -0.4 is 5.32 Å². The number of carbonyl (C=O) groups is 1. The summed E-state index contributed by atoms with van der Waals surface area (Å²) in [7, 11) is -3.48. The summed E-state index contributed by atoms with van der Waals surface area (Å²) in [5, 5.41) is 2.77. The molecule has 0 unspecified atom stereocenters. The first-order chi connectivity index (χ1) is 12.4. The van der Waals surface area contributed by atoms with E-state index in [1.807, 2.05) is 0 Å². The Morgan fingerprint density at radius 2 is 1.50 bits per heavy atom. The fourth-order valence-electron chi connectivity index (χ4n) is 2.54. The van der Waals surface area contributed by atoms with Gasteiger partial charge in [0.1, 0.15) is 5.82 Å². The molecule has 5 nitrogen and oxygen atoms in total. The number of halogens is 1. The lowest BCUT2D eigenvalue weighted by atomic mass is 10.1. The zero-order valence-electron chi connectivity index (χ0n) is 14.9. The van der Waals surface area contributed by atoms with E-state index in [4.69, 9.17) is 0 Å². The van der Waals surface area contributed by atoms with Crippen LogP contribution in [0.5, 0.6) is 0 Å². The van der Waals surface area contributed by atoms with Crippen LogP contribution in [0, 0.1) is 5.82 Å². The lowest BCUT2D eigenvalue weighted by molar-refractivity contribution is -0.120. The Hall–Kier alpha value is -2.25. The average molecular weight is 378 g/mol. The van der Waals surface area contributed by atoms with E-state index in [2.05, 4.69) is 5.32 Å². The summed E-state index contributed by atoms with van der Waals surface area (Å²) < 4.78 is 39.1. The highest BCUT2D eigenvalue weighted by Crippen LogP contribution is 2.16. The molecule has 0 aliphatic heterocycles. The van der Waals surface area contributed by atoms with Crippen LogP contribution in [0.1, 0.15) is 25.0 Å². The van der Waals surface area contributed by atoms with Gasteiger partial charge < -0.3 is 5.32 Å². The molecule has 0 saturated carbocycles. The first-order valence-corrected chi connectivity index (χ1v) is 9.91.